The van der Waals surface area contributed by atoms with Crippen molar-refractivity contribution in [1.82, 2.24) is 4.90 Å². The van der Waals surface area contributed by atoms with E-state index in [2.05, 4.69) is 0 Å². The first-order valence-corrected chi connectivity index (χ1v) is 5.59. The number of aliphatic hydroxyl groups is 1. The Hall–Kier alpha value is -1.05. The van der Waals surface area contributed by atoms with Gasteiger partial charge in [0, 0.05) is 7.11 Å². The van der Waals surface area contributed by atoms with Gasteiger partial charge in [-0.2, -0.15) is 0 Å². The average Bonchev–Trinajstić information content (AvgIpc) is 2.27. The number of carboxylic acid groups (broad SMARTS) is 1. The van der Waals surface area contributed by atoms with Crippen LogP contribution in [0.15, 0.2) is 11.0 Å². The second-order valence-electron chi connectivity index (χ2n) is 3.52. The molecule has 1 saturated heterocycles. The molecule has 1 fully saturated rings. The van der Waals surface area contributed by atoms with Crippen LogP contribution < -0.4 is 0 Å². The molecule has 0 bridgehead atoms. The SMILES string of the molecule is CO[C@H]1C(=O)N2C(C(=O)O)C(CO)=CSC12. The van der Waals surface area contributed by atoms with E-state index >= 15 is 0 Å². The van der Waals surface area contributed by atoms with E-state index in [-0.39, 0.29) is 17.9 Å². The van der Waals surface area contributed by atoms with Crippen molar-refractivity contribution in [1.29, 1.82) is 0 Å². The van der Waals surface area contributed by atoms with Crippen LogP contribution in [-0.4, -0.2) is 58.2 Å². The Labute approximate surface area is 95.9 Å². The van der Waals surface area contributed by atoms with E-state index in [0.29, 0.717) is 5.57 Å². The third-order valence-corrected chi connectivity index (χ3v) is 3.88. The normalized spacial score (nSPS) is 32.9. The van der Waals surface area contributed by atoms with Crippen molar-refractivity contribution < 1.29 is 24.5 Å². The minimum absolute atomic E-state index is 0.297. The highest BCUT2D eigenvalue weighted by atomic mass is 32.2. The van der Waals surface area contributed by atoms with Gasteiger partial charge < -0.3 is 19.8 Å². The smallest absolute Gasteiger partial charge is 0.330 e. The highest BCUT2D eigenvalue weighted by Gasteiger charge is 2.55. The van der Waals surface area contributed by atoms with Gasteiger partial charge in [-0.3, -0.25) is 4.79 Å². The number of β-lactam (4-membered cyclic amide) rings is 1. The number of carbonyl (C=O) groups is 2. The Balaban J connectivity index is 2.28. The minimum atomic E-state index is -1.13. The van der Waals surface area contributed by atoms with E-state index in [4.69, 9.17) is 14.9 Å². The number of nitrogens with zero attached hydrogens (tertiary/aromatic N) is 1. The summed E-state index contributed by atoms with van der Waals surface area (Å²) in [7, 11) is 1.42. The van der Waals surface area contributed by atoms with Crippen molar-refractivity contribution in [2.24, 2.45) is 0 Å². The van der Waals surface area contributed by atoms with Crippen molar-refractivity contribution in [2.45, 2.75) is 17.5 Å². The van der Waals surface area contributed by atoms with E-state index in [1.54, 1.807) is 5.41 Å². The minimum Gasteiger partial charge on any atom is -0.479 e. The van der Waals surface area contributed by atoms with Gasteiger partial charge in [-0.25, -0.2) is 4.79 Å². The predicted molar refractivity (Wildman–Crippen MR) is 55.6 cm³/mol. The molecular formula is C9H11NO5S. The van der Waals surface area contributed by atoms with Gasteiger partial charge in [0.2, 0.25) is 0 Å². The number of methoxy groups -OCH3 is 1. The number of aliphatic carboxylic acids is 1. The number of aliphatic hydroxyl groups excluding tert-OH is 1. The first kappa shape index (κ1) is 11.4. The maximum Gasteiger partial charge on any atom is 0.330 e. The van der Waals surface area contributed by atoms with Gasteiger partial charge in [-0.1, -0.05) is 0 Å². The number of thioether (sulfide) groups is 1. The van der Waals surface area contributed by atoms with Gasteiger partial charge in [0.25, 0.3) is 5.91 Å². The second-order valence-corrected chi connectivity index (χ2v) is 4.51. The summed E-state index contributed by atoms with van der Waals surface area (Å²) < 4.78 is 4.97. The maximum atomic E-state index is 11.6. The van der Waals surface area contributed by atoms with E-state index in [9.17, 15) is 9.59 Å². The fraction of sp³-hybridized carbons (Fsp3) is 0.556. The molecule has 2 rings (SSSR count). The molecule has 0 radical (unpaired) electrons. The van der Waals surface area contributed by atoms with Gasteiger partial charge in [-0.05, 0) is 11.0 Å². The molecule has 1 amide bonds. The van der Waals surface area contributed by atoms with Gasteiger partial charge in [0.1, 0.15) is 5.37 Å². The molecule has 0 saturated carbocycles. The monoisotopic (exact) mass is 245 g/mol. The number of hydrogen-bond donors (Lipinski definition) is 2. The van der Waals surface area contributed by atoms with Crippen molar-refractivity contribution in [3.63, 3.8) is 0 Å². The molecule has 3 atom stereocenters. The molecule has 2 aliphatic rings. The first-order chi connectivity index (χ1) is 7.61. The highest BCUT2D eigenvalue weighted by Crippen LogP contribution is 2.40. The number of ether oxygens (including phenoxy) is 1. The Kier molecular flexibility index (Phi) is 2.92. The number of carbonyl (C=O) groups excluding carboxylic acids is 1. The summed E-state index contributed by atoms with van der Waals surface area (Å²) in [4.78, 5) is 23.9. The molecule has 2 aliphatic heterocycles. The lowest BCUT2D eigenvalue weighted by Gasteiger charge is -2.50. The molecule has 2 heterocycles. The molecule has 7 heteroatoms. The zero-order chi connectivity index (χ0) is 11.9. The lowest BCUT2D eigenvalue weighted by atomic mass is 10.0. The van der Waals surface area contributed by atoms with Crippen LogP contribution in [0, 0.1) is 0 Å². The van der Waals surface area contributed by atoms with E-state index in [1.165, 1.54) is 23.8 Å². The summed E-state index contributed by atoms with van der Waals surface area (Å²) >= 11 is 1.30. The molecule has 0 aromatic heterocycles. The quantitative estimate of drug-likeness (QED) is 0.636. The topological polar surface area (TPSA) is 87.1 Å². The molecule has 0 spiro atoms. The van der Waals surface area contributed by atoms with Gasteiger partial charge in [0.15, 0.2) is 12.1 Å². The molecule has 2 N–H and O–H groups in total. The third-order valence-electron chi connectivity index (χ3n) is 2.69. The standard InChI is InChI=1S/C9H11NO5S/c1-15-6-7(12)10-5(9(13)14)4(2-11)3-16-8(6)10/h3,5-6,8,11H,2H2,1H3,(H,13,14)/t5?,6-,8?/m0/s1. The van der Waals surface area contributed by atoms with Gasteiger partial charge in [0.05, 0.1) is 6.61 Å². The summed E-state index contributed by atoms with van der Waals surface area (Å²) in [6.07, 6.45) is -0.580. The van der Waals surface area contributed by atoms with E-state index in [1.807, 2.05) is 0 Å². The lowest BCUT2D eigenvalue weighted by Crippen LogP contribution is -2.69. The molecule has 0 aromatic carbocycles. The summed E-state index contributed by atoms with van der Waals surface area (Å²) in [6, 6.07) is -1.06. The van der Waals surface area contributed by atoms with Crippen LogP contribution in [0.3, 0.4) is 0 Å². The van der Waals surface area contributed by atoms with Crippen LogP contribution in [0.25, 0.3) is 0 Å². The largest absolute Gasteiger partial charge is 0.479 e. The van der Waals surface area contributed by atoms with Crippen LogP contribution in [0.1, 0.15) is 0 Å². The Morgan fingerprint density at radius 3 is 2.88 bits per heavy atom. The molecule has 2 unspecified atom stereocenters. The van der Waals surface area contributed by atoms with Crippen LogP contribution in [0.4, 0.5) is 0 Å². The molecule has 0 aliphatic carbocycles. The fourth-order valence-electron chi connectivity index (χ4n) is 1.89. The Morgan fingerprint density at radius 1 is 1.69 bits per heavy atom. The summed E-state index contributed by atoms with van der Waals surface area (Å²) in [5.74, 6) is -1.47. The third kappa shape index (κ3) is 1.43. The molecule has 6 nitrogen and oxygen atoms in total. The average molecular weight is 245 g/mol. The van der Waals surface area contributed by atoms with Crippen molar-refractivity contribution in [3.8, 4) is 0 Å². The molecule has 0 aromatic rings. The predicted octanol–water partition coefficient (Wildman–Crippen LogP) is -0.754. The van der Waals surface area contributed by atoms with Crippen molar-refractivity contribution in [3.05, 3.63) is 11.0 Å². The van der Waals surface area contributed by atoms with Crippen molar-refractivity contribution in [2.75, 3.05) is 13.7 Å². The molecule has 88 valence electrons. The first-order valence-electron chi connectivity index (χ1n) is 4.65. The number of fused-ring (bicyclic) bond motifs is 1. The number of rotatable bonds is 3. The van der Waals surface area contributed by atoms with Crippen molar-refractivity contribution >= 4 is 23.6 Å². The maximum absolute atomic E-state index is 11.6. The number of amides is 1. The van der Waals surface area contributed by atoms with E-state index in [0.717, 1.165) is 0 Å². The zero-order valence-electron chi connectivity index (χ0n) is 8.49. The lowest BCUT2D eigenvalue weighted by molar-refractivity contribution is -0.172. The number of hydrogen-bond acceptors (Lipinski definition) is 5. The fourth-order valence-corrected chi connectivity index (χ4v) is 3.13. The summed E-state index contributed by atoms with van der Waals surface area (Å²) in [6.45, 7) is -0.363. The van der Waals surface area contributed by atoms with Gasteiger partial charge in [-0.15, -0.1) is 11.8 Å². The Bertz CT molecular complexity index is 369. The van der Waals surface area contributed by atoms with Gasteiger partial charge >= 0.3 is 5.97 Å². The summed E-state index contributed by atoms with van der Waals surface area (Å²) in [5.41, 5.74) is 0.330. The second kappa shape index (κ2) is 4.08. The highest BCUT2D eigenvalue weighted by molar-refractivity contribution is 8.02. The molecule has 16 heavy (non-hydrogen) atoms. The van der Waals surface area contributed by atoms with Crippen LogP contribution in [0.2, 0.25) is 0 Å². The van der Waals surface area contributed by atoms with Crippen LogP contribution >= 0.6 is 11.8 Å². The zero-order valence-corrected chi connectivity index (χ0v) is 9.31. The molecular weight excluding hydrogens is 234 g/mol. The van der Waals surface area contributed by atoms with E-state index < -0.39 is 18.1 Å². The van der Waals surface area contributed by atoms with Crippen LogP contribution in [0.5, 0.6) is 0 Å². The van der Waals surface area contributed by atoms with Crippen LogP contribution in [-0.2, 0) is 14.3 Å². The Morgan fingerprint density at radius 2 is 2.38 bits per heavy atom. The summed E-state index contributed by atoms with van der Waals surface area (Å²) in [5, 5.41) is 19.4. The number of carboxylic acids is 1.